The van der Waals surface area contributed by atoms with Gasteiger partial charge in [0.1, 0.15) is 0 Å². The zero-order valence-corrected chi connectivity index (χ0v) is 6.70. The van der Waals surface area contributed by atoms with Crippen LogP contribution in [0.5, 0.6) is 0 Å². The molecular weight excluding hydrogens is 318 g/mol. The Morgan fingerprint density at radius 3 is 1.33 bits per heavy atom. The summed E-state index contributed by atoms with van der Waals surface area (Å²) in [7, 11) is 0. The minimum atomic E-state index is -2.51. The van der Waals surface area contributed by atoms with E-state index in [-0.39, 0.29) is 0 Å². The van der Waals surface area contributed by atoms with Crippen molar-refractivity contribution >= 4 is 0 Å². The quantitative estimate of drug-likeness (QED) is 0.359. The van der Waals surface area contributed by atoms with Crippen LogP contribution in [-0.2, 0) is 9.51 Å². The van der Waals surface area contributed by atoms with Gasteiger partial charge in [0.05, 0.1) is 0 Å². The molecule has 0 amide bonds. The molecule has 0 aliphatic heterocycles. The van der Waals surface area contributed by atoms with Crippen LogP contribution in [0.3, 0.4) is 0 Å². The van der Waals surface area contributed by atoms with Crippen molar-refractivity contribution in [3.63, 3.8) is 0 Å². The van der Waals surface area contributed by atoms with E-state index in [9.17, 15) is 0 Å². The van der Waals surface area contributed by atoms with E-state index in [0.29, 0.717) is 0 Å². The zero-order chi connectivity index (χ0) is 5.41. The van der Waals surface area contributed by atoms with E-state index in [1.165, 1.54) is 0 Å². The molecule has 0 rings (SSSR count). The molecule has 0 saturated heterocycles. The van der Waals surface area contributed by atoms with Gasteiger partial charge in [0.2, 0.25) is 0 Å². The maximum atomic E-state index is 8.58. The Morgan fingerprint density at radius 1 is 1.33 bits per heavy atom. The average molecular weight is 318 g/mol. The van der Waals surface area contributed by atoms with Crippen LogP contribution in [-0.4, -0.2) is 0 Å². The van der Waals surface area contributed by atoms with Crippen molar-refractivity contribution in [1.29, 1.82) is 0 Å². The fourth-order valence-corrected chi connectivity index (χ4v) is 0. The van der Waals surface area contributed by atoms with Crippen molar-refractivity contribution in [2.45, 2.75) is 0 Å². The topological polar surface area (TPSA) is 89.5 Å². The molecule has 0 aromatic rings. The summed E-state index contributed by atoms with van der Waals surface area (Å²) >= 11 is -2.51. The van der Waals surface area contributed by atoms with Crippen molar-refractivity contribution in [3.8, 4) is 0 Å². The molecule has 0 radical (unpaired) electrons. The summed E-state index contributed by atoms with van der Waals surface area (Å²) in [4.78, 5) is 0. The van der Waals surface area contributed by atoms with Gasteiger partial charge in [-0.2, -0.15) is 0 Å². The summed E-state index contributed by atoms with van der Waals surface area (Å²) in [5, 5.41) is 17.5. The van der Waals surface area contributed by atoms with Gasteiger partial charge in [-0.3, -0.25) is 0 Å². The summed E-state index contributed by atoms with van der Waals surface area (Å²) in [6.45, 7) is 0. The summed E-state index contributed by atoms with van der Waals surface area (Å²) in [6, 6.07) is 0. The predicted molar refractivity (Wildman–Crippen MR) is 2.46 cm³/mol. The van der Waals surface area contributed by atoms with E-state index < -0.39 is 27.8 Å². The Balaban J connectivity index is 0. The van der Waals surface area contributed by atoms with E-state index in [4.69, 9.17) is 15.0 Å². The molecule has 6 heteroatoms. The molecule has 0 spiro atoms. The molecule has 0 aromatic carbocycles. The van der Waals surface area contributed by atoms with Crippen LogP contribution < -0.4 is 10.5 Å². The van der Waals surface area contributed by atoms with Crippen LogP contribution in [0, 0.1) is 27.8 Å². The van der Waals surface area contributed by atoms with Gasteiger partial charge < -0.3 is 15.6 Å². The SMILES string of the molecule is [O-]O[O-].[O]=[U+2]=[O]. The molecule has 34 valence electrons. The van der Waals surface area contributed by atoms with Crippen molar-refractivity contribution in [1.82, 2.24) is 0 Å². The molecule has 0 unspecified atom stereocenters. The first-order chi connectivity index (χ1) is 2.83. The summed E-state index contributed by atoms with van der Waals surface area (Å²) in [6.07, 6.45) is 0. The molecule has 0 aliphatic rings. The predicted octanol–water partition coefficient (Wildman–Crippen LogP) is -2.68. The Hall–Kier alpha value is 0.532. The van der Waals surface area contributed by atoms with Gasteiger partial charge in [-0.05, 0) is 0 Å². The van der Waals surface area contributed by atoms with Crippen LogP contribution in [0.2, 0.25) is 0 Å². The zero-order valence-electron chi connectivity index (χ0n) is 2.54. The summed E-state index contributed by atoms with van der Waals surface area (Å²) < 4.78 is 17.2. The monoisotopic (exact) mass is 318 g/mol. The fourth-order valence-electron chi connectivity index (χ4n) is 0. The van der Waals surface area contributed by atoms with Crippen molar-refractivity contribution < 1.29 is 47.8 Å². The van der Waals surface area contributed by atoms with Crippen molar-refractivity contribution in [2.24, 2.45) is 0 Å². The number of hydrogen-bond acceptors (Lipinski definition) is 5. The third-order valence-corrected chi connectivity index (χ3v) is 0. The Labute approximate surface area is 48.0 Å². The van der Waals surface area contributed by atoms with Crippen molar-refractivity contribution in [2.75, 3.05) is 0 Å². The van der Waals surface area contributed by atoms with Crippen LogP contribution in [0.15, 0.2) is 0 Å². The molecular formula is O5U. The average Bonchev–Trinajstić information content (AvgIpc) is 1.39. The molecule has 6 heavy (non-hydrogen) atoms. The first kappa shape index (κ1) is 9.73. The van der Waals surface area contributed by atoms with Crippen molar-refractivity contribution in [3.05, 3.63) is 0 Å². The van der Waals surface area contributed by atoms with Crippen LogP contribution in [0.25, 0.3) is 0 Å². The molecule has 0 aromatic heterocycles. The number of hydrogen-bond donors (Lipinski definition) is 0. The minimum absolute atomic E-state index is 1.75. The molecule has 0 atom stereocenters. The normalized spacial score (nSPS) is 4.33. The fraction of sp³-hybridized carbons (Fsp3) is 0. The molecule has 0 aliphatic carbocycles. The Bertz CT molecular complexity index is 33.2. The van der Waals surface area contributed by atoms with E-state index in [1.807, 2.05) is 0 Å². The third-order valence-electron chi connectivity index (χ3n) is 0. The van der Waals surface area contributed by atoms with Crippen LogP contribution in [0.4, 0.5) is 0 Å². The first-order valence-electron chi connectivity index (χ1n) is 0.742. The van der Waals surface area contributed by atoms with E-state index in [1.54, 1.807) is 5.04 Å². The number of rotatable bonds is 0. The second kappa shape index (κ2) is 17.7. The molecule has 0 saturated carbocycles. The first-order valence-corrected chi connectivity index (χ1v) is 4.14. The van der Waals surface area contributed by atoms with Gasteiger partial charge in [-0.1, -0.05) is 0 Å². The van der Waals surface area contributed by atoms with E-state index in [0.717, 1.165) is 0 Å². The van der Waals surface area contributed by atoms with Gasteiger partial charge in [0, 0.05) is 0 Å². The van der Waals surface area contributed by atoms with Gasteiger partial charge in [0.15, 0.2) is 0 Å². The second-order valence-electron chi connectivity index (χ2n) is 0.151. The standard InChI is InChI=1S/H2O3.2O.U/c1-3-2;;;/h1-2H;;;/q;;;+2/p-2. The molecule has 0 heterocycles. The second-order valence-corrected chi connectivity index (χ2v) is 0.845. The summed E-state index contributed by atoms with van der Waals surface area (Å²) in [5.41, 5.74) is 0. The van der Waals surface area contributed by atoms with E-state index >= 15 is 0 Å². The molecule has 0 N–H and O–H groups in total. The Kier molecular flexibility index (Phi) is 28.7. The van der Waals surface area contributed by atoms with Gasteiger partial charge in [-0.15, -0.1) is 0 Å². The van der Waals surface area contributed by atoms with Crippen LogP contribution in [0.1, 0.15) is 0 Å². The molecule has 5 nitrogen and oxygen atoms in total. The van der Waals surface area contributed by atoms with Gasteiger partial charge in [-0.25, -0.2) is 0 Å². The molecule has 0 bridgehead atoms. The molecule has 0 fully saturated rings. The Morgan fingerprint density at radius 2 is 1.33 bits per heavy atom. The summed E-state index contributed by atoms with van der Waals surface area (Å²) in [5.74, 6) is 0. The third kappa shape index (κ3) is 200. The maximum absolute atomic E-state index is 8.58. The van der Waals surface area contributed by atoms with Crippen LogP contribution >= 0.6 is 0 Å². The van der Waals surface area contributed by atoms with Gasteiger partial charge >= 0.3 is 32.3 Å². The van der Waals surface area contributed by atoms with E-state index in [2.05, 4.69) is 0 Å². The van der Waals surface area contributed by atoms with Gasteiger partial charge in [0.25, 0.3) is 0 Å².